The molecule has 7 aromatic rings. The number of esters is 4. The Balaban J connectivity index is 0.657. The minimum absolute atomic E-state index is 0.00312. The molecule has 131 heavy (non-hydrogen) atoms. The summed E-state index contributed by atoms with van der Waals surface area (Å²) in [5.74, 6) is -7.58. The van der Waals surface area contributed by atoms with Crippen LogP contribution in [0.1, 0.15) is 330 Å². The molecule has 3 saturated carbocycles. The van der Waals surface area contributed by atoms with Crippen LogP contribution >= 0.6 is 0 Å². The Labute approximate surface area is 773 Å². The maximum atomic E-state index is 15.6. The molecule has 0 aromatic heterocycles. The van der Waals surface area contributed by atoms with Crippen molar-refractivity contribution in [3.8, 4) is 50.6 Å². The number of amides is 2. The molecular formula is C109H143F6N3O13. The molecule has 0 unspecified atom stereocenters. The number of ether oxygens (including phenoxy) is 7. The first kappa shape index (κ1) is 103. The molecular weight excluding hydrogens is 1670 g/mol. The lowest BCUT2D eigenvalue weighted by atomic mass is 9.77. The van der Waals surface area contributed by atoms with E-state index in [-0.39, 0.29) is 119 Å². The molecule has 0 aliphatic heterocycles. The number of hydrogen-bond acceptors (Lipinski definition) is 14. The Morgan fingerprint density at radius 3 is 0.977 bits per heavy atom. The van der Waals surface area contributed by atoms with Crippen molar-refractivity contribution in [2.45, 2.75) is 333 Å². The molecule has 3 fully saturated rings. The molecule has 0 saturated heterocycles. The quantitative estimate of drug-likeness (QED) is 0.0140. The van der Waals surface area contributed by atoms with Gasteiger partial charge in [0.1, 0.15) is 18.7 Å². The number of nitrogens with one attached hydrogen (secondary N) is 2. The lowest BCUT2D eigenvalue weighted by Crippen LogP contribution is -2.54. The van der Waals surface area contributed by atoms with E-state index in [1.165, 1.54) is 169 Å². The normalized spacial score (nSPS) is 17.5. The van der Waals surface area contributed by atoms with Gasteiger partial charge in [0.05, 0.1) is 45.7 Å². The zero-order valence-electron chi connectivity index (χ0n) is 77.8. The third-order valence-electron chi connectivity index (χ3n) is 26.8. The van der Waals surface area contributed by atoms with E-state index in [1.54, 1.807) is 30.3 Å². The predicted octanol–water partition coefficient (Wildman–Crippen LogP) is 26.3. The third kappa shape index (κ3) is 34.4. The number of nitrogens with two attached hydrogens (primary N) is 1. The monoisotopic (exact) mass is 1820 g/mol. The molecule has 4 N–H and O–H groups in total. The SMILES string of the molecule is CCCCCC1CCC(c2ccc(-c3ccc(OCCCCCCOC(=O)CC[C@H](NC(=O)[C@@H](N)CCC(=O)OCCCCCCOc4ccc(-c5ccc(C6CCC(CCCCC)CC6)cc5)c(F)c4F)C(=O)N[C@@H](CCC(=O)OCCCCCCOc4ccc(-c5ccc(C6CCC(CCCCC)CC6)cc5)c(F)c4F)C(=O)OCc4ccccc4)c(F)c3F)cc2)CC1. The maximum absolute atomic E-state index is 15.6. The number of rotatable bonds is 58. The highest BCUT2D eigenvalue weighted by Gasteiger charge is 2.33. The molecule has 0 heterocycles. The van der Waals surface area contributed by atoms with Crippen LogP contribution in [-0.2, 0) is 54.3 Å². The van der Waals surface area contributed by atoms with Gasteiger partial charge in [0.25, 0.3) is 0 Å². The molecule has 0 spiro atoms. The van der Waals surface area contributed by atoms with Gasteiger partial charge < -0.3 is 49.5 Å². The largest absolute Gasteiger partial charge is 0.490 e. The maximum Gasteiger partial charge on any atom is 0.328 e. The summed E-state index contributed by atoms with van der Waals surface area (Å²) in [7, 11) is 0. The van der Waals surface area contributed by atoms with Crippen LogP contribution in [0.5, 0.6) is 17.2 Å². The van der Waals surface area contributed by atoms with E-state index < -0.39 is 88.7 Å². The van der Waals surface area contributed by atoms with Crippen molar-refractivity contribution in [1.29, 1.82) is 0 Å². The summed E-state index contributed by atoms with van der Waals surface area (Å²) >= 11 is 0. The Morgan fingerprint density at radius 2 is 0.641 bits per heavy atom. The van der Waals surface area contributed by atoms with Gasteiger partial charge in [0.2, 0.25) is 29.3 Å². The molecule has 7 aromatic carbocycles. The van der Waals surface area contributed by atoms with Gasteiger partial charge in [-0.3, -0.25) is 24.0 Å². The van der Waals surface area contributed by atoms with Crippen LogP contribution in [0.25, 0.3) is 33.4 Å². The summed E-state index contributed by atoms with van der Waals surface area (Å²) in [5, 5.41) is 5.21. The van der Waals surface area contributed by atoms with Crippen LogP contribution in [0.2, 0.25) is 0 Å². The summed E-state index contributed by atoms with van der Waals surface area (Å²) < 4.78 is 132. The smallest absolute Gasteiger partial charge is 0.328 e. The number of benzene rings is 7. The first-order valence-corrected chi connectivity index (χ1v) is 49.4. The van der Waals surface area contributed by atoms with E-state index in [9.17, 15) is 28.8 Å². The summed E-state index contributed by atoms with van der Waals surface area (Å²) in [6, 6.07) is 36.8. The van der Waals surface area contributed by atoms with Gasteiger partial charge in [-0.15, -0.1) is 0 Å². The van der Waals surface area contributed by atoms with Gasteiger partial charge in [-0.05, 0) is 284 Å². The van der Waals surface area contributed by atoms with Crippen molar-refractivity contribution in [1.82, 2.24) is 10.6 Å². The van der Waals surface area contributed by atoms with Gasteiger partial charge >= 0.3 is 23.9 Å². The number of carbonyl (C=O) groups is 6. The molecule has 3 aliphatic rings. The topological polar surface area (TPSA) is 217 Å². The lowest BCUT2D eigenvalue weighted by molar-refractivity contribution is -0.151. The molecule has 3 aliphatic carbocycles. The second kappa shape index (κ2) is 57.0. The average Bonchev–Trinajstić information content (AvgIpc) is 0.810. The van der Waals surface area contributed by atoms with Gasteiger partial charge in [-0.1, -0.05) is 201 Å². The summed E-state index contributed by atoms with van der Waals surface area (Å²) in [6.45, 7) is 6.94. The van der Waals surface area contributed by atoms with Crippen LogP contribution in [0.4, 0.5) is 26.3 Å². The van der Waals surface area contributed by atoms with E-state index >= 15 is 26.3 Å². The third-order valence-corrected chi connectivity index (χ3v) is 26.8. The Kier molecular flexibility index (Phi) is 45.0. The molecule has 22 heteroatoms. The zero-order valence-corrected chi connectivity index (χ0v) is 77.8. The molecule has 10 rings (SSSR count). The predicted molar refractivity (Wildman–Crippen MR) is 502 cm³/mol. The molecule has 714 valence electrons. The molecule has 0 bridgehead atoms. The van der Waals surface area contributed by atoms with E-state index in [2.05, 4.69) is 31.4 Å². The number of hydrogen-bond donors (Lipinski definition) is 3. The van der Waals surface area contributed by atoms with Crippen LogP contribution in [0.15, 0.2) is 140 Å². The summed E-state index contributed by atoms with van der Waals surface area (Å²) in [5.41, 5.74) is 12.9. The van der Waals surface area contributed by atoms with E-state index in [1.807, 2.05) is 72.8 Å². The second-order valence-corrected chi connectivity index (χ2v) is 36.6. The first-order valence-electron chi connectivity index (χ1n) is 49.4. The van der Waals surface area contributed by atoms with E-state index in [0.717, 1.165) is 56.3 Å². The second-order valence-electron chi connectivity index (χ2n) is 36.6. The van der Waals surface area contributed by atoms with Crippen LogP contribution in [0, 0.1) is 52.7 Å². The van der Waals surface area contributed by atoms with Crippen molar-refractivity contribution in [3.05, 3.63) is 197 Å². The minimum atomic E-state index is -1.51. The van der Waals surface area contributed by atoms with Crippen molar-refractivity contribution < 1.29 is 88.3 Å². The molecule has 2 amide bonds. The Bertz CT molecular complexity index is 4590. The molecule has 16 nitrogen and oxygen atoms in total. The van der Waals surface area contributed by atoms with Crippen LogP contribution < -0.4 is 30.6 Å². The van der Waals surface area contributed by atoms with Gasteiger partial charge in [-0.25, -0.2) is 18.0 Å². The summed E-state index contributed by atoms with van der Waals surface area (Å²) in [4.78, 5) is 82.0. The van der Waals surface area contributed by atoms with Crippen LogP contribution in [-0.4, -0.2) is 93.5 Å². The fourth-order valence-corrected chi connectivity index (χ4v) is 18.6. The van der Waals surface area contributed by atoms with Gasteiger partial charge in [0.15, 0.2) is 34.7 Å². The first-order chi connectivity index (χ1) is 63.8. The van der Waals surface area contributed by atoms with E-state index in [0.29, 0.717) is 117 Å². The highest BCUT2D eigenvalue weighted by Crippen LogP contribution is 2.43. The van der Waals surface area contributed by atoms with Crippen molar-refractivity contribution in [2.24, 2.45) is 23.5 Å². The van der Waals surface area contributed by atoms with Gasteiger partial charge in [-0.2, -0.15) is 13.2 Å². The number of unbranched alkanes of at least 4 members (excludes halogenated alkanes) is 15. The fraction of sp³-hybridized carbons (Fsp3) is 0.560. The Hall–Kier alpha value is -9.70. The van der Waals surface area contributed by atoms with Crippen molar-refractivity contribution in [2.75, 3.05) is 39.6 Å². The van der Waals surface area contributed by atoms with Crippen LogP contribution in [0.3, 0.4) is 0 Å². The minimum Gasteiger partial charge on any atom is -0.490 e. The molecule has 0 radical (unpaired) electrons. The average molecular weight is 1820 g/mol. The zero-order chi connectivity index (χ0) is 92.9. The highest BCUT2D eigenvalue weighted by molar-refractivity contribution is 5.92. The van der Waals surface area contributed by atoms with E-state index in [4.69, 9.17) is 38.9 Å². The number of halogens is 6. The lowest BCUT2D eigenvalue weighted by Gasteiger charge is -2.29. The standard InChI is InChI=1S/C109H143F6N3O13/c1-4-7-17-28-76-33-39-80(40-34-76)83-45-51-86(52-46-83)89-57-63-95(104(113)101(89)110)125-69-22-10-13-25-72-128-98(119)66-60-92(116)107(122)117-93(61-67-99(120)129-73-26-14-11-23-70-126-96-64-58-90(102(111)105(96)114)87-53-47-84(48-54-87)81-41-35-77(36-42-81)29-18-8-5-2)108(123)118-94(109(124)131-75-79-31-20-16-21-32-79)62-68-100(121)130-74-27-15-12-24-71-127-97-65-59-91(103(112)106(97)115)88-55-49-85(50-56-88)82-43-37-78(38-44-82)30-19-9-6-3/h16,20-21,31-32,45-59,63-65,76-78,80-82,92-94H,4-15,17-19,22-30,33-44,60-62,66-75,116H2,1-3H3,(H,117,122)(H,118,123)/t76?,77?,78?,80?,81?,82?,92-,93-,94-/m0/s1. The van der Waals surface area contributed by atoms with Crippen molar-refractivity contribution in [3.63, 3.8) is 0 Å². The highest BCUT2D eigenvalue weighted by atomic mass is 19.2. The van der Waals surface area contributed by atoms with Gasteiger partial charge in [0, 0.05) is 36.0 Å². The summed E-state index contributed by atoms with van der Waals surface area (Å²) in [6.07, 6.45) is 34.2. The fourth-order valence-electron chi connectivity index (χ4n) is 18.6. The van der Waals surface area contributed by atoms with Crippen molar-refractivity contribution >= 4 is 35.7 Å². The number of carbonyl (C=O) groups excluding carboxylic acids is 6. The Morgan fingerprint density at radius 1 is 0.328 bits per heavy atom. The molecule has 3 atom stereocenters.